The van der Waals surface area contributed by atoms with E-state index < -0.39 is 0 Å². The van der Waals surface area contributed by atoms with Crippen LogP contribution in [-0.2, 0) is 4.79 Å². The van der Waals surface area contributed by atoms with E-state index in [0.29, 0.717) is 12.6 Å². The fourth-order valence-corrected chi connectivity index (χ4v) is 2.33. The lowest BCUT2D eigenvalue weighted by Crippen LogP contribution is -2.30. The lowest BCUT2D eigenvalue weighted by Gasteiger charge is -2.09. The van der Waals surface area contributed by atoms with E-state index in [-0.39, 0.29) is 5.91 Å². The van der Waals surface area contributed by atoms with Crippen LogP contribution in [0, 0.1) is 0 Å². The summed E-state index contributed by atoms with van der Waals surface area (Å²) in [6, 6.07) is 8.10. The molecule has 3 heteroatoms. The second kappa shape index (κ2) is 6.98. The van der Waals surface area contributed by atoms with Crippen LogP contribution >= 0.6 is 0 Å². The standard InChI is InChI=1S/C16H21NO2/c1-2-19-15-10-7-13(8-11-15)9-12-16(18)17-14-5-3-4-6-14/h7-12,14H,2-6H2,1H3,(H,17,18). The monoisotopic (exact) mass is 259 g/mol. The predicted octanol–water partition coefficient (Wildman–Crippen LogP) is 3.16. The Kier molecular flexibility index (Phi) is 5.01. The maximum absolute atomic E-state index is 11.7. The second-order valence-electron chi connectivity index (χ2n) is 4.83. The number of hydrogen-bond donors (Lipinski definition) is 1. The molecule has 19 heavy (non-hydrogen) atoms. The first-order valence-electron chi connectivity index (χ1n) is 6.99. The lowest BCUT2D eigenvalue weighted by molar-refractivity contribution is -0.117. The highest BCUT2D eigenvalue weighted by Gasteiger charge is 2.15. The number of carbonyl (C=O) groups excluding carboxylic acids is 1. The normalized spacial score (nSPS) is 15.8. The molecule has 1 amide bonds. The van der Waals surface area contributed by atoms with Crippen LogP contribution in [0.25, 0.3) is 6.08 Å². The van der Waals surface area contributed by atoms with Gasteiger partial charge in [-0.2, -0.15) is 0 Å². The van der Waals surface area contributed by atoms with Gasteiger partial charge in [0.25, 0.3) is 0 Å². The van der Waals surface area contributed by atoms with Crippen molar-refractivity contribution in [3.63, 3.8) is 0 Å². The third-order valence-corrected chi connectivity index (χ3v) is 3.32. The first-order valence-corrected chi connectivity index (χ1v) is 6.99. The summed E-state index contributed by atoms with van der Waals surface area (Å²) in [7, 11) is 0. The van der Waals surface area contributed by atoms with Crippen LogP contribution in [0.15, 0.2) is 30.3 Å². The van der Waals surface area contributed by atoms with E-state index in [1.807, 2.05) is 37.3 Å². The largest absolute Gasteiger partial charge is 0.494 e. The topological polar surface area (TPSA) is 38.3 Å². The quantitative estimate of drug-likeness (QED) is 0.825. The number of amides is 1. The molecule has 102 valence electrons. The number of benzene rings is 1. The summed E-state index contributed by atoms with van der Waals surface area (Å²) in [4.78, 5) is 11.7. The summed E-state index contributed by atoms with van der Waals surface area (Å²) in [6.07, 6.45) is 8.13. The van der Waals surface area contributed by atoms with Gasteiger partial charge in [-0.1, -0.05) is 25.0 Å². The maximum atomic E-state index is 11.7. The van der Waals surface area contributed by atoms with Crippen molar-refractivity contribution in [2.24, 2.45) is 0 Å². The van der Waals surface area contributed by atoms with Gasteiger partial charge in [-0.3, -0.25) is 4.79 Å². The van der Waals surface area contributed by atoms with Crippen molar-refractivity contribution >= 4 is 12.0 Å². The summed E-state index contributed by atoms with van der Waals surface area (Å²) in [5.41, 5.74) is 1.00. The van der Waals surface area contributed by atoms with E-state index in [2.05, 4.69) is 5.32 Å². The molecule has 1 N–H and O–H groups in total. The number of hydrogen-bond acceptors (Lipinski definition) is 2. The maximum Gasteiger partial charge on any atom is 0.244 e. The molecule has 0 aromatic heterocycles. The minimum Gasteiger partial charge on any atom is -0.494 e. The van der Waals surface area contributed by atoms with Gasteiger partial charge in [0.15, 0.2) is 0 Å². The molecule has 0 atom stereocenters. The average molecular weight is 259 g/mol. The van der Waals surface area contributed by atoms with Crippen LogP contribution in [-0.4, -0.2) is 18.6 Å². The van der Waals surface area contributed by atoms with Crippen molar-refractivity contribution in [3.8, 4) is 5.75 Å². The second-order valence-corrected chi connectivity index (χ2v) is 4.83. The van der Waals surface area contributed by atoms with Gasteiger partial charge in [0, 0.05) is 12.1 Å². The Morgan fingerprint density at radius 1 is 1.32 bits per heavy atom. The molecule has 0 heterocycles. The Balaban J connectivity index is 1.84. The summed E-state index contributed by atoms with van der Waals surface area (Å²) >= 11 is 0. The van der Waals surface area contributed by atoms with Gasteiger partial charge in [-0.15, -0.1) is 0 Å². The molecule has 0 aliphatic heterocycles. The van der Waals surface area contributed by atoms with E-state index in [1.165, 1.54) is 12.8 Å². The lowest BCUT2D eigenvalue weighted by atomic mass is 10.2. The fraction of sp³-hybridized carbons (Fsp3) is 0.438. The van der Waals surface area contributed by atoms with Crippen LogP contribution in [0.3, 0.4) is 0 Å². The molecule has 0 bridgehead atoms. The first-order chi connectivity index (χ1) is 9.28. The van der Waals surface area contributed by atoms with E-state index >= 15 is 0 Å². The summed E-state index contributed by atoms with van der Waals surface area (Å²) in [5.74, 6) is 0.857. The Bertz CT molecular complexity index is 431. The van der Waals surface area contributed by atoms with Gasteiger partial charge < -0.3 is 10.1 Å². The van der Waals surface area contributed by atoms with Crippen LogP contribution in [0.2, 0.25) is 0 Å². The fourth-order valence-electron chi connectivity index (χ4n) is 2.33. The molecule has 0 saturated heterocycles. The van der Waals surface area contributed by atoms with Gasteiger partial charge in [-0.25, -0.2) is 0 Å². The number of ether oxygens (including phenoxy) is 1. The minimum absolute atomic E-state index is 0.000727. The number of carbonyl (C=O) groups is 1. The van der Waals surface area contributed by atoms with Crippen LogP contribution in [0.1, 0.15) is 38.2 Å². The van der Waals surface area contributed by atoms with Crippen LogP contribution < -0.4 is 10.1 Å². The van der Waals surface area contributed by atoms with Gasteiger partial charge in [0.1, 0.15) is 5.75 Å². The van der Waals surface area contributed by atoms with Crippen molar-refractivity contribution in [1.29, 1.82) is 0 Å². The SMILES string of the molecule is CCOc1ccc(C=CC(=O)NC2CCCC2)cc1. The van der Waals surface area contributed by atoms with E-state index in [9.17, 15) is 4.79 Å². The zero-order valence-corrected chi connectivity index (χ0v) is 11.4. The highest BCUT2D eigenvalue weighted by atomic mass is 16.5. The molecule has 0 spiro atoms. The first kappa shape index (κ1) is 13.7. The van der Waals surface area contributed by atoms with E-state index in [1.54, 1.807) is 6.08 Å². The van der Waals surface area contributed by atoms with E-state index in [0.717, 1.165) is 24.2 Å². The van der Waals surface area contributed by atoms with Crippen molar-refractivity contribution in [2.45, 2.75) is 38.6 Å². The van der Waals surface area contributed by atoms with Crippen molar-refractivity contribution in [2.75, 3.05) is 6.61 Å². The molecule has 0 unspecified atom stereocenters. The highest BCUT2D eigenvalue weighted by molar-refractivity contribution is 5.91. The molecule has 2 rings (SSSR count). The smallest absolute Gasteiger partial charge is 0.244 e. The Morgan fingerprint density at radius 3 is 2.63 bits per heavy atom. The van der Waals surface area contributed by atoms with Crippen molar-refractivity contribution in [1.82, 2.24) is 5.32 Å². The Labute approximate surface area is 114 Å². The van der Waals surface area contributed by atoms with Crippen molar-refractivity contribution < 1.29 is 9.53 Å². The number of rotatable bonds is 5. The molecule has 0 radical (unpaired) electrons. The summed E-state index contributed by atoms with van der Waals surface area (Å²) in [5, 5.41) is 3.03. The minimum atomic E-state index is 0.000727. The zero-order valence-electron chi connectivity index (χ0n) is 11.4. The van der Waals surface area contributed by atoms with E-state index in [4.69, 9.17) is 4.74 Å². The Hall–Kier alpha value is -1.77. The molecular formula is C16H21NO2. The predicted molar refractivity (Wildman–Crippen MR) is 77.0 cm³/mol. The van der Waals surface area contributed by atoms with Crippen LogP contribution in [0.4, 0.5) is 0 Å². The Morgan fingerprint density at radius 2 is 2.00 bits per heavy atom. The van der Waals surface area contributed by atoms with Gasteiger partial charge in [0.05, 0.1) is 6.61 Å². The van der Waals surface area contributed by atoms with Gasteiger partial charge in [0.2, 0.25) is 5.91 Å². The van der Waals surface area contributed by atoms with Gasteiger partial charge >= 0.3 is 0 Å². The third kappa shape index (κ3) is 4.43. The molecule has 1 saturated carbocycles. The van der Waals surface area contributed by atoms with Gasteiger partial charge in [-0.05, 0) is 43.5 Å². The summed E-state index contributed by atoms with van der Waals surface area (Å²) < 4.78 is 5.37. The molecule has 1 aromatic carbocycles. The zero-order chi connectivity index (χ0) is 13.5. The molecule has 1 aliphatic carbocycles. The summed E-state index contributed by atoms with van der Waals surface area (Å²) in [6.45, 7) is 2.63. The molecular weight excluding hydrogens is 238 g/mol. The average Bonchev–Trinajstić information content (AvgIpc) is 2.91. The third-order valence-electron chi connectivity index (χ3n) is 3.32. The molecule has 3 nitrogen and oxygen atoms in total. The number of nitrogens with one attached hydrogen (secondary N) is 1. The molecule has 1 aliphatic rings. The highest BCUT2D eigenvalue weighted by Crippen LogP contribution is 2.17. The van der Waals surface area contributed by atoms with Crippen molar-refractivity contribution in [3.05, 3.63) is 35.9 Å². The molecule has 1 fully saturated rings. The molecule has 1 aromatic rings. The van der Waals surface area contributed by atoms with Crippen LogP contribution in [0.5, 0.6) is 5.75 Å².